The number of nitrogens with two attached hydrogens (primary N) is 1. The van der Waals surface area contributed by atoms with Gasteiger partial charge in [-0.25, -0.2) is 4.39 Å². The van der Waals surface area contributed by atoms with Gasteiger partial charge in [0.05, 0.1) is 6.61 Å². The summed E-state index contributed by atoms with van der Waals surface area (Å²) in [5, 5.41) is 0. The first kappa shape index (κ1) is 12.9. The molecule has 2 N–H and O–H groups in total. The van der Waals surface area contributed by atoms with Gasteiger partial charge in [-0.1, -0.05) is 6.07 Å². The molecule has 0 amide bonds. The van der Waals surface area contributed by atoms with Gasteiger partial charge in [0.25, 0.3) is 0 Å². The van der Waals surface area contributed by atoms with E-state index in [1.54, 1.807) is 0 Å². The van der Waals surface area contributed by atoms with E-state index in [0.717, 1.165) is 12.5 Å². The van der Waals surface area contributed by atoms with E-state index in [9.17, 15) is 8.78 Å². The Balaban J connectivity index is 2.24. The van der Waals surface area contributed by atoms with Crippen LogP contribution >= 0.6 is 0 Å². The average Bonchev–Trinajstić information content (AvgIpc) is 2.29. The number of ether oxygens (including phenoxy) is 2. The molecular formula is C11H15F2NO2. The summed E-state index contributed by atoms with van der Waals surface area (Å²) in [6, 6.07) is 3.81. The Morgan fingerprint density at radius 2 is 1.94 bits per heavy atom. The molecule has 0 aliphatic carbocycles. The predicted octanol–water partition coefficient (Wildman–Crippen LogP) is 1.71. The van der Waals surface area contributed by atoms with E-state index in [2.05, 4.69) is 0 Å². The average molecular weight is 231 g/mol. The van der Waals surface area contributed by atoms with Gasteiger partial charge in [-0.05, 0) is 25.1 Å². The molecule has 0 atom stereocenters. The minimum atomic E-state index is -0.968. The maximum absolute atomic E-state index is 13.1. The third-order valence-corrected chi connectivity index (χ3v) is 1.89. The van der Waals surface area contributed by atoms with Crippen LogP contribution in [0.5, 0.6) is 5.75 Å². The number of hydrogen-bond donors (Lipinski definition) is 1. The van der Waals surface area contributed by atoms with Crippen molar-refractivity contribution in [2.75, 3.05) is 26.4 Å². The van der Waals surface area contributed by atoms with Crippen LogP contribution in [0.3, 0.4) is 0 Å². The quantitative estimate of drug-likeness (QED) is 0.726. The van der Waals surface area contributed by atoms with E-state index in [1.165, 1.54) is 12.1 Å². The highest BCUT2D eigenvalue weighted by molar-refractivity contribution is 5.24. The van der Waals surface area contributed by atoms with Crippen molar-refractivity contribution in [2.45, 2.75) is 6.42 Å². The lowest BCUT2D eigenvalue weighted by Gasteiger charge is -2.07. The van der Waals surface area contributed by atoms with Crippen molar-refractivity contribution >= 4 is 0 Å². The van der Waals surface area contributed by atoms with Crippen LogP contribution in [0.2, 0.25) is 0 Å². The van der Waals surface area contributed by atoms with Gasteiger partial charge in [0.1, 0.15) is 6.61 Å². The fraction of sp³-hybridized carbons (Fsp3) is 0.455. The van der Waals surface area contributed by atoms with E-state index in [4.69, 9.17) is 15.2 Å². The summed E-state index contributed by atoms with van der Waals surface area (Å²) < 4.78 is 36.0. The monoisotopic (exact) mass is 231 g/mol. The van der Waals surface area contributed by atoms with E-state index in [1.807, 2.05) is 0 Å². The SMILES string of the molecule is NCCCOCCOc1cccc(F)c1F. The third kappa shape index (κ3) is 4.12. The molecule has 5 heteroatoms. The van der Waals surface area contributed by atoms with Crippen LogP contribution in [-0.2, 0) is 4.74 Å². The fourth-order valence-electron chi connectivity index (χ4n) is 1.09. The third-order valence-electron chi connectivity index (χ3n) is 1.89. The van der Waals surface area contributed by atoms with Gasteiger partial charge < -0.3 is 15.2 Å². The minimum Gasteiger partial charge on any atom is -0.488 e. The second-order valence-electron chi connectivity index (χ2n) is 3.16. The summed E-state index contributed by atoms with van der Waals surface area (Å²) in [7, 11) is 0. The highest BCUT2D eigenvalue weighted by Gasteiger charge is 2.07. The number of halogens is 2. The van der Waals surface area contributed by atoms with Crippen LogP contribution in [0.1, 0.15) is 6.42 Å². The minimum absolute atomic E-state index is 0.0950. The molecule has 0 heterocycles. The molecule has 0 aliphatic heterocycles. The standard InChI is InChI=1S/C11H15F2NO2/c12-9-3-1-4-10(11(9)13)16-8-7-15-6-2-5-14/h1,3-4H,2,5-8,14H2. The van der Waals surface area contributed by atoms with Crippen molar-refractivity contribution in [3.8, 4) is 5.75 Å². The Morgan fingerprint density at radius 3 is 2.69 bits per heavy atom. The van der Waals surface area contributed by atoms with E-state index in [0.29, 0.717) is 19.8 Å². The summed E-state index contributed by atoms with van der Waals surface area (Å²) >= 11 is 0. The zero-order valence-electron chi connectivity index (χ0n) is 8.92. The van der Waals surface area contributed by atoms with Crippen molar-refractivity contribution in [1.82, 2.24) is 0 Å². The smallest absolute Gasteiger partial charge is 0.200 e. The zero-order valence-corrected chi connectivity index (χ0v) is 8.92. The molecule has 0 spiro atoms. The first-order chi connectivity index (χ1) is 7.75. The molecule has 0 unspecified atom stereocenters. The van der Waals surface area contributed by atoms with Crippen LogP contribution in [0.4, 0.5) is 8.78 Å². The summed E-state index contributed by atoms with van der Waals surface area (Å²) in [5.74, 6) is -1.98. The first-order valence-electron chi connectivity index (χ1n) is 5.10. The Bertz CT molecular complexity index is 321. The molecule has 0 saturated heterocycles. The van der Waals surface area contributed by atoms with E-state index in [-0.39, 0.29) is 12.4 Å². The number of hydrogen-bond acceptors (Lipinski definition) is 3. The first-order valence-corrected chi connectivity index (χ1v) is 5.10. The topological polar surface area (TPSA) is 44.5 Å². The van der Waals surface area contributed by atoms with Crippen LogP contribution in [0, 0.1) is 11.6 Å². The second kappa shape index (κ2) is 7.14. The van der Waals surface area contributed by atoms with Crippen molar-refractivity contribution in [1.29, 1.82) is 0 Å². The summed E-state index contributed by atoms with van der Waals surface area (Å²) in [4.78, 5) is 0. The zero-order chi connectivity index (χ0) is 11.8. The number of rotatable bonds is 7. The van der Waals surface area contributed by atoms with Crippen molar-refractivity contribution in [2.24, 2.45) is 5.73 Å². The summed E-state index contributed by atoms with van der Waals surface area (Å²) in [6.07, 6.45) is 0.772. The molecular weight excluding hydrogens is 216 g/mol. The van der Waals surface area contributed by atoms with E-state index >= 15 is 0 Å². The molecule has 16 heavy (non-hydrogen) atoms. The molecule has 0 aromatic heterocycles. The van der Waals surface area contributed by atoms with Gasteiger partial charge in [0, 0.05) is 6.61 Å². The van der Waals surface area contributed by atoms with Crippen LogP contribution in [0.25, 0.3) is 0 Å². The van der Waals surface area contributed by atoms with Gasteiger partial charge in [0.15, 0.2) is 11.6 Å². The molecule has 0 saturated carbocycles. The Hall–Kier alpha value is -1.20. The highest BCUT2D eigenvalue weighted by atomic mass is 19.2. The summed E-state index contributed by atoms with van der Waals surface area (Å²) in [5.41, 5.74) is 5.27. The number of benzene rings is 1. The van der Waals surface area contributed by atoms with Crippen molar-refractivity contribution in [3.05, 3.63) is 29.8 Å². The maximum atomic E-state index is 13.1. The predicted molar refractivity (Wildman–Crippen MR) is 56.3 cm³/mol. The molecule has 90 valence electrons. The Labute approximate surface area is 93.2 Å². The molecule has 0 radical (unpaired) electrons. The molecule has 1 aromatic rings. The van der Waals surface area contributed by atoms with Crippen LogP contribution in [-0.4, -0.2) is 26.4 Å². The fourth-order valence-corrected chi connectivity index (χ4v) is 1.09. The lowest BCUT2D eigenvalue weighted by molar-refractivity contribution is 0.0977. The van der Waals surface area contributed by atoms with E-state index < -0.39 is 11.6 Å². The van der Waals surface area contributed by atoms with Gasteiger partial charge in [-0.3, -0.25) is 0 Å². The van der Waals surface area contributed by atoms with Gasteiger partial charge in [0.2, 0.25) is 5.82 Å². The van der Waals surface area contributed by atoms with Gasteiger partial charge >= 0.3 is 0 Å². The second-order valence-corrected chi connectivity index (χ2v) is 3.16. The maximum Gasteiger partial charge on any atom is 0.200 e. The van der Waals surface area contributed by atoms with Gasteiger partial charge in [-0.15, -0.1) is 0 Å². The molecule has 0 fully saturated rings. The normalized spacial score (nSPS) is 10.4. The lowest BCUT2D eigenvalue weighted by atomic mass is 10.3. The van der Waals surface area contributed by atoms with Crippen LogP contribution < -0.4 is 10.5 Å². The Morgan fingerprint density at radius 1 is 1.12 bits per heavy atom. The molecule has 1 rings (SSSR count). The highest BCUT2D eigenvalue weighted by Crippen LogP contribution is 2.18. The Kier molecular flexibility index (Phi) is 5.74. The molecule has 0 bridgehead atoms. The largest absolute Gasteiger partial charge is 0.488 e. The van der Waals surface area contributed by atoms with Gasteiger partial charge in [-0.2, -0.15) is 4.39 Å². The summed E-state index contributed by atoms with van der Waals surface area (Å²) in [6.45, 7) is 1.63. The van der Waals surface area contributed by atoms with Crippen molar-refractivity contribution < 1.29 is 18.3 Å². The molecule has 1 aromatic carbocycles. The van der Waals surface area contributed by atoms with Crippen molar-refractivity contribution in [3.63, 3.8) is 0 Å². The van der Waals surface area contributed by atoms with Crippen LogP contribution in [0.15, 0.2) is 18.2 Å². The molecule has 0 aliphatic rings. The lowest BCUT2D eigenvalue weighted by Crippen LogP contribution is -2.10. The molecule has 3 nitrogen and oxygen atoms in total.